The average molecular weight is 366 g/mol. The molecule has 7 heteroatoms. The van der Waals surface area contributed by atoms with Crippen molar-refractivity contribution in [3.8, 4) is 0 Å². The summed E-state index contributed by atoms with van der Waals surface area (Å²) in [6, 6.07) is 10.0. The van der Waals surface area contributed by atoms with Gasteiger partial charge in [0.1, 0.15) is 0 Å². The number of nitrogens with zero attached hydrogens (tertiary/aromatic N) is 4. The van der Waals surface area contributed by atoms with E-state index in [9.17, 15) is 4.79 Å². The van der Waals surface area contributed by atoms with Crippen LogP contribution in [-0.4, -0.2) is 31.9 Å². The maximum Gasteiger partial charge on any atom is 0.335 e. The molecule has 0 radical (unpaired) electrons. The number of hydrogen-bond donors (Lipinski definition) is 2. The first-order chi connectivity index (χ1) is 12.9. The molecule has 27 heavy (non-hydrogen) atoms. The van der Waals surface area contributed by atoms with Gasteiger partial charge >= 0.3 is 6.03 Å². The van der Waals surface area contributed by atoms with E-state index in [1.54, 1.807) is 4.90 Å². The lowest BCUT2D eigenvalue weighted by atomic mass is 9.93. The second-order valence-corrected chi connectivity index (χ2v) is 7.87. The van der Waals surface area contributed by atoms with Crippen LogP contribution in [0.1, 0.15) is 49.9 Å². The zero-order valence-corrected chi connectivity index (χ0v) is 15.9. The van der Waals surface area contributed by atoms with Crippen LogP contribution in [0.5, 0.6) is 0 Å². The van der Waals surface area contributed by atoms with Gasteiger partial charge in [0.25, 0.3) is 0 Å². The number of carbonyl (C=O) groups excluding carboxylic acids is 1. The van der Waals surface area contributed by atoms with E-state index in [1.807, 2.05) is 50.4 Å². The number of anilines is 1. The van der Waals surface area contributed by atoms with Gasteiger partial charge in [0.2, 0.25) is 5.95 Å². The number of benzene rings is 1. The molecule has 0 spiro atoms. The first kappa shape index (κ1) is 17.7. The van der Waals surface area contributed by atoms with Gasteiger partial charge in [0, 0.05) is 17.8 Å². The van der Waals surface area contributed by atoms with Gasteiger partial charge in [-0.15, -0.1) is 0 Å². The van der Waals surface area contributed by atoms with Gasteiger partial charge in [0.05, 0.1) is 24.3 Å². The quantitative estimate of drug-likeness (QED) is 0.493. The van der Waals surface area contributed by atoms with E-state index in [-0.39, 0.29) is 6.03 Å². The lowest BCUT2D eigenvalue weighted by Crippen LogP contribution is -2.50. The summed E-state index contributed by atoms with van der Waals surface area (Å²) in [5, 5.41) is 4.64. The molecule has 1 aliphatic carbocycles. The van der Waals surface area contributed by atoms with E-state index < -0.39 is 5.54 Å². The highest BCUT2D eigenvalue weighted by Gasteiger charge is 2.43. The van der Waals surface area contributed by atoms with Crippen LogP contribution in [0.4, 0.5) is 10.7 Å². The predicted molar refractivity (Wildman–Crippen MR) is 103 cm³/mol. The molecular weight excluding hydrogens is 340 g/mol. The Bertz CT molecular complexity index is 834. The molecule has 142 valence electrons. The number of carbonyl (C=O) groups is 1. The van der Waals surface area contributed by atoms with Crippen molar-refractivity contribution >= 4 is 12.0 Å². The molecule has 3 N–H and O–H groups in total. The molecule has 1 fully saturated rings. The van der Waals surface area contributed by atoms with Crippen molar-refractivity contribution in [2.24, 2.45) is 5.84 Å². The van der Waals surface area contributed by atoms with Crippen LogP contribution >= 0.6 is 0 Å². The molecule has 1 aromatic heterocycles. The van der Waals surface area contributed by atoms with Crippen LogP contribution < -0.4 is 11.2 Å². The Labute approximate surface area is 159 Å². The molecule has 2 amide bonds. The molecule has 2 aromatic rings. The summed E-state index contributed by atoms with van der Waals surface area (Å²) in [6.07, 6.45) is 5.43. The lowest BCUT2D eigenvalue weighted by Gasteiger charge is -2.34. The minimum atomic E-state index is -0.504. The number of hydrogen-bond acceptors (Lipinski definition) is 5. The van der Waals surface area contributed by atoms with Gasteiger partial charge in [-0.25, -0.2) is 20.6 Å². The number of amides is 2. The molecule has 4 rings (SSSR count). The summed E-state index contributed by atoms with van der Waals surface area (Å²) in [5.74, 6) is 6.75. The van der Waals surface area contributed by atoms with Crippen molar-refractivity contribution in [2.75, 3.05) is 5.32 Å². The predicted octanol–water partition coefficient (Wildman–Crippen LogP) is 2.99. The van der Waals surface area contributed by atoms with E-state index in [2.05, 4.69) is 15.3 Å². The molecular formula is C20H26N6O. The first-order valence-electron chi connectivity index (χ1n) is 9.46. The van der Waals surface area contributed by atoms with Gasteiger partial charge in [-0.2, -0.15) is 0 Å². The molecule has 0 saturated heterocycles. The van der Waals surface area contributed by atoms with Gasteiger partial charge in [-0.1, -0.05) is 30.3 Å². The van der Waals surface area contributed by atoms with Gasteiger partial charge in [0.15, 0.2) is 0 Å². The van der Waals surface area contributed by atoms with Crippen molar-refractivity contribution < 1.29 is 4.79 Å². The van der Waals surface area contributed by atoms with Gasteiger partial charge in [-0.05, 0) is 38.7 Å². The fourth-order valence-corrected chi connectivity index (χ4v) is 3.66. The highest BCUT2D eigenvalue weighted by Crippen LogP contribution is 2.38. The Morgan fingerprint density at radius 1 is 1.33 bits per heavy atom. The Morgan fingerprint density at radius 3 is 2.74 bits per heavy atom. The monoisotopic (exact) mass is 366 g/mol. The molecule has 7 nitrogen and oxygen atoms in total. The minimum Gasteiger partial charge on any atom is -0.351 e. The number of nitrogens with one attached hydrogen (secondary N) is 1. The maximum atomic E-state index is 13.0. The van der Waals surface area contributed by atoms with Gasteiger partial charge in [-0.3, -0.25) is 5.01 Å². The third-order valence-electron chi connectivity index (χ3n) is 5.62. The van der Waals surface area contributed by atoms with Crippen LogP contribution in [0.3, 0.4) is 0 Å². The highest BCUT2D eigenvalue weighted by atomic mass is 16.2. The highest BCUT2D eigenvalue weighted by molar-refractivity contribution is 5.76. The number of urea groups is 1. The van der Waals surface area contributed by atoms with Crippen molar-refractivity contribution in [1.29, 1.82) is 0 Å². The van der Waals surface area contributed by atoms with Crippen LogP contribution in [0.25, 0.3) is 0 Å². The van der Waals surface area contributed by atoms with Crippen LogP contribution in [0.15, 0.2) is 36.5 Å². The van der Waals surface area contributed by atoms with Crippen LogP contribution in [0.2, 0.25) is 0 Å². The Kier molecular flexibility index (Phi) is 4.47. The minimum absolute atomic E-state index is 0.213. The standard InChI is InChI=1S/C20H26N6O/c1-20(2)16-11-22-18(23-15-9-6-10-15)24-17(16)13-25(20)19(27)26(21)12-14-7-4-3-5-8-14/h3-5,7-8,11,15H,6,9-10,12-13,21H2,1-2H3,(H,22,23,24). The maximum absolute atomic E-state index is 13.0. The number of hydrazine groups is 1. The lowest BCUT2D eigenvalue weighted by molar-refractivity contribution is 0.106. The normalized spacial score (nSPS) is 18.0. The smallest absolute Gasteiger partial charge is 0.335 e. The fraction of sp³-hybridized carbons (Fsp3) is 0.450. The summed E-state index contributed by atoms with van der Waals surface area (Å²) in [4.78, 5) is 23.9. The van der Waals surface area contributed by atoms with E-state index >= 15 is 0 Å². The summed E-state index contributed by atoms with van der Waals surface area (Å²) in [5.41, 5.74) is 2.35. The number of fused-ring (bicyclic) bond motifs is 1. The largest absolute Gasteiger partial charge is 0.351 e. The molecule has 0 bridgehead atoms. The zero-order valence-electron chi connectivity index (χ0n) is 15.9. The topological polar surface area (TPSA) is 87.4 Å². The van der Waals surface area contributed by atoms with E-state index in [0.29, 0.717) is 25.1 Å². The van der Waals surface area contributed by atoms with Crippen molar-refractivity contribution in [3.63, 3.8) is 0 Å². The second-order valence-electron chi connectivity index (χ2n) is 7.87. The van der Waals surface area contributed by atoms with Crippen molar-refractivity contribution in [1.82, 2.24) is 19.9 Å². The zero-order chi connectivity index (χ0) is 19.0. The number of rotatable bonds is 4. The first-order valence-corrected chi connectivity index (χ1v) is 9.46. The molecule has 0 unspecified atom stereocenters. The number of aromatic nitrogens is 2. The Hall–Kier alpha value is -2.67. The van der Waals surface area contributed by atoms with Gasteiger partial charge < -0.3 is 10.2 Å². The summed E-state index contributed by atoms with van der Waals surface area (Å²) >= 11 is 0. The average Bonchev–Trinajstić information content (AvgIpc) is 2.89. The molecule has 2 aliphatic rings. The molecule has 1 aliphatic heterocycles. The molecule has 1 aromatic carbocycles. The molecule has 0 atom stereocenters. The van der Waals surface area contributed by atoms with Crippen LogP contribution in [-0.2, 0) is 18.6 Å². The van der Waals surface area contributed by atoms with Crippen LogP contribution in [0, 0.1) is 0 Å². The SMILES string of the molecule is CC1(C)c2cnc(NC3CCC3)nc2CN1C(=O)N(N)Cc1ccccc1. The van der Waals surface area contributed by atoms with E-state index in [0.717, 1.165) is 29.7 Å². The second kappa shape index (κ2) is 6.81. The fourth-order valence-electron chi connectivity index (χ4n) is 3.66. The van der Waals surface area contributed by atoms with E-state index in [4.69, 9.17) is 5.84 Å². The number of nitrogens with two attached hydrogens (primary N) is 1. The summed E-state index contributed by atoms with van der Waals surface area (Å²) < 4.78 is 0. The van der Waals surface area contributed by atoms with E-state index in [1.165, 1.54) is 11.4 Å². The summed E-state index contributed by atoms with van der Waals surface area (Å²) in [7, 11) is 0. The third-order valence-corrected chi connectivity index (χ3v) is 5.62. The Morgan fingerprint density at radius 2 is 2.07 bits per heavy atom. The third kappa shape index (κ3) is 3.35. The van der Waals surface area contributed by atoms with Crippen molar-refractivity contribution in [2.45, 2.75) is 57.8 Å². The molecule has 2 heterocycles. The molecule has 1 saturated carbocycles. The van der Waals surface area contributed by atoms with Crippen molar-refractivity contribution in [3.05, 3.63) is 53.3 Å². The summed E-state index contributed by atoms with van der Waals surface area (Å²) in [6.45, 7) is 4.82. The Balaban J connectivity index is 1.50.